The van der Waals surface area contributed by atoms with Gasteiger partial charge in [-0.15, -0.1) is 0 Å². The second kappa shape index (κ2) is 8.94. The maximum absolute atomic E-state index is 11.5. The summed E-state index contributed by atoms with van der Waals surface area (Å²) >= 11 is 0. The zero-order chi connectivity index (χ0) is 14.1. The van der Waals surface area contributed by atoms with Gasteiger partial charge in [-0.3, -0.25) is 9.59 Å². The molecule has 19 heavy (non-hydrogen) atoms. The smallest absolute Gasteiger partial charge is 0.303 e. The molecule has 0 saturated heterocycles. The largest absolute Gasteiger partial charge is 0.481 e. The van der Waals surface area contributed by atoms with Crippen molar-refractivity contribution in [3.05, 3.63) is 0 Å². The molecule has 0 spiro atoms. The number of rotatable bonds is 8. The Hall–Kier alpha value is -1.06. The zero-order valence-corrected chi connectivity index (χ0v) is 12.0. The Labute approximate surface area is 116 Å². The highest BCUT2D eigenvalue weighted by atomic mass is 16.4. The van der Waals surface area contributed by atoms with Crippen LogP contribution in [-0.2, 0) is 9.59 Å². The fourth-order valence-electron chi connectivity index (χ4n) is 2.68. The molecule has 0 heterocycles. The van der Waals surface area contributed by atoms with Crippen LogP contribution in [-0.4, -0.2) is 23.5 Å². The van der Waals surface area contributed by atoms with Crippen molar-refractivity contribution < 1.29 is 14.7 Å². The first kappa shape index (κ1) is 16.0. The van der Waals surface area contributed by atoms with Gasteiger partial charge in [0.25, 0.3) is 0 Å². The first-order chi connectivity index (χ1) is 9.08. The summed E-state index contributed by atoms with van der Waals surface area (Å²) in [4.78, 5) is 21.8. The van der Waals surface area contributed by atoms with Crippen molar-refractivity contribution in [1.29, 1.82) is 0 Å². The predicted molar refractivity (Wildman–Crippen MR) is 74.9 cm³/mol. The van der Waals surface area contributed by atoms with Crippen molar-refractivity contribution in [3.63, 3.8) is 0 Å². The lowest BCUT2D eigenvalue weighted by atomic mass is 9.81. The first-order valence-electron chi connectivity index (χ1n) is 7.56. The van der Waals surface area contributed by atoms with E-state index in [1.54, 1.807) is 0 Å². The summed E-state index contributed by atoms with van der Waals surface area (Å²) in [5.74, 6) is 0.935. The number of aliphatic carboxylic acids is 1. The molecule has 0 bridgehead atoms. The van der Waals surface area contributed by atoms with Crippen molar-refractivity contribution in [2.75, 3.05) is 6.54 Å². The lowest BCUT2D eigenvalue weighted by Gasteiger charge is -2.26. The number of amides is 1. The molecule has 0 atom stereocenters. The molecule has 2 N–H and O–H groups in total. The molecule has 0 unspecified atom stereocenters. The lowest BCUT2D eigenvalue weighted by Crippen LogP contribution is -2.26. The molecule has 0 aliphatic heterocycles. The Morgan fingerprint density at radius 2 is 1.74 bits per heavy atom. The summed E-state index contributed by atoms with van der Waals surface area (Å²) in [6.07, 6.45) is 8.21. The average molecular weight is 269 g/mol. The average Bonchev–Trinajstić information content (AvgIpc) is 2.37. The van der Waals surface area contributed by atoms with E-state index in [-0.39, 0.29) is 12.3 Å². The van der Waals surface area contributed by atoms with E-state index in [2.05, 4.69) is 12.2 Å². The molecule has 4 nitrogen and oxygen atoms in total. The normalized spacial score (nSPS) is 23.0. The Balaban J connectivity index is 1.96. The molecule has 1 aliphatic rings. The van der Waals surface area contributed by atoms with Gasteiger partial charge in [0.15, 0.2) is 0 Å². The van der Waals surface area contributed by atoms with E-state index in [4.69, 9.17) is 5.11 Å². The molecule has 1 saturated carbocycles. The van der Waals surface area contributed by atoms with Gasteiger partial charge in [0.05, 0.1) is 0 Å². The highest BCUT2D eigenvalue weighted by molar-refractivity contribution is 5.75. The summed E-state index contributed by atoms with van der Waals surface area (Å²) in [6, 6.07) is 0. The number of unbranched alkanes of at least 4 members (excludes halogenated alkanes) is 1. The van der Waals surface area contributed by atoms with Gasteiger partial charge in [-0.25, -0.2) is 0 Å². The first-order valence-corrected chi connectivity index (χ1v) is 7.56. The predicted octanol–water partition coefficient (Wildman–Crippen LogP) is 2.96. The number of carbonyl (C=O) groups excluding carboxylic acids is 1. The second-order valence-electron chi connectivity index (χ2n) is 5.87. The minimum atomic E-state index is -0.785. The van der Waals surface area contributed by atoms with Crippen LogP contribution in [0, 0.1) is 11.8 Å². The number of carboxylic acid groups (broad SMARTS) is 1. The highest BCUT2D eigenvalue weighted by Gasteiger charge is 2.17. The van der Waals surface area contributed by atoms with Gasteiger partial charge in [0.2, 0.25) is 5.91 Å². The molecule has 4 heteroatoms. The Bertz CT molecular complexity index is 283. The van der Waals surface area contributed by atoms with E-state index in [0.717, 1.165) is 24.8 Å². The van der Waals surface area contributed by atoms with Crippen molar-refractivity contribution in [2.45, 2.75) is 64.7 Å². The third kappa shape index (κ3) is 7.85. The Morgan fingerprint density at radius 3 is 2.37 bits per heavy atom. The molecule has 1 aliphatic carbocycles. The molecule has 0 aromatic heterocycles. The van der Waals surface area contributed by atoms with Gasteiger partial charge in [-0.1, -0.05) is 32.6 Å². The maximum Gasteiger partial charge on any atom is 0.303 e. The molecule has 0 radical (unpaired) electrons. The van der Waals surface area contributed by atoms with Crippen LogP contribution in [0.1, 0.15) is 64.7 Å². The number of hydrogen-bond acceptors (Lipinski definition) is 2. The quantitative estimate of drug-likeness (QED) is 0.666. The third-order valence-corrected chi connectivity index (χ3v) is 4.05. The summed E-state index contributed by atoms with van der Waals surface area (Å²) in [5, 5.41) is 11.4. The van der Waals surface area contributed by atoms with Crippen LogP contribution in [0.15, 0.2) is 0 Å². The van der Waals surface area contributed by atoms with Crippen LogP contribution < -0.4 is 5.32 Å². The van der Waals surface area contributed by atoms with Crippen LogP contribution in [0.4, 0.5) is 0 Å². The van der Waals surface area contributed by atoms with Crippen LogP contribution in [0.3, 0.4) is 0 Å². The number of hydrogen-bond donors (Lipinski definition) is 2. The van der Waals surface area contributed by atoms with E-state index in [0.29, 0.717) is 19.3 Å². The fourth-order valence-corrected chi connectivity index (χ4v) is 2.68. The molecule has 1 amide bonds. The zero-order valence-electron chi connectivity index (χ0n) is 12.0. The van der Waals surface area contributed by atoms with Crippen LogP contribution in [0.5, 0.6) is 0 Å². The van der Waals surface area contributed by atoms with E-state index >= 15 is 0 Å². The van der Waals surface area contributed by atoms with Gasteiger partial charge in [0.1, 0.15) is 0 Å². The van der Waals surface area contributed by atoms with Gasteiger partial charge < -0.3 is 10.4 Å². The molecule has 0 aromatic rings. The molecule has 1 rings (SSSR count). The molecular formula is C15H27NO3. The van der Waals surface area contributed by atoms with Crippen molar-refractivity contribution in [2.24, 2.45) is 11.8 Å². The van der Waals surface area contributed by atoms with E-state index < -0.39 is 5.97 Å². The third-order valence-electron chi connectivity index (χ3n) is 4.05. The Kier molecular flexibility index (Phi) is 7.53. The van der Waals surface area contributed by atoms with E-state index in [1.165, 1.54) is 25.7 Å². The number of carbonyl (C=O) groups is 2. The summed E-state index contributed by atoms with van der Waals surface area (Å²) in [6.45, 7) is 3.09. The molecule has 110 valence electrons. The van der Waals surface area contributed by atoms with Crippen molar-refractivity contribution in [3.8, 4) is 0 Å². The van der Waals surface area contributed by atoms with E-state index in [9.17, 15) is 9.59 Å². The molecule has 0 aromatic carbocycles. The van der Waals surface area contributed by atoms with Gasteiger partial charge in [-0.2, -0.15) is 0 Å². The van der Waals surface area contributed by atoms with Gasteiger partial charge in [-0.05, 0) is 31.1 Å². The summed E-state index contributed by atoms with van der Waals surface area (Å²) in [7, 11) is 0. The second-order valence-corrected chi connectivity index (χ2v) is 5.87. The van der Waals surface area contributed by atoms with Crippen LogP contribution >= 0.6 is 0 Å². The topological polar surface area (TPSA) is 66.4 Å². The van der Waals surface area contributed by atoms with E-state index in [1.807, 2.05) is 0 Å². The fraction of sp³-hybridized carbons (Fsp3) is 0.867. The SMILES string of the molecule is CC1CCC(CCNC(=O)CCCCC(=O)O)CC1. The highest BCUT2D eigenvalue weighted by Crippen LogP contribution is 2.29. The van der Waals surface area contributed by atoms with Crippen molar-refractivity contribution >= 4 is 11.9 Å². The summed E-state index contributed by atoms with van der Waals surface area (Å²) < 4.78 is 0. The monoisotopic (exact) mass is 269 g/mol. The van der Waals surface area contributed by atoms with Gasteiger partial charge >= 0.3 is 5.97 Å². The standard InChI is InChI=1S/C15H27NO3/c1-12-6-8-13(9-7-12)10-11-16-14(17)4-2-3-5-15(18)19/h12-13H,2-11H2,1H3,(H,16,17)(H,18,19). The summed E-state index contributed by atoms with van der Waals surface area (Å²) in [5.41, 5.74) is 0. The number of carboxylic acids is 1. The minimum Gasteiger partial charge on any atom is -0.481 e. The van der Waals surface area contributed by atoms with Gasteiger partial charge in [0, 0.05) is 19.4 Å². The Morgan fingerprint density at radius 1 is 1.11 bits per heavy atom. The lowest BCUT2D eigenvalue weighted by molar-refractivity contribution is -0.137. The molecular weight excluding hydrogens is 242 g/mol. The molecule has 1 fully saturated rings. The van der Waals surface area contributed by atoms with Crippen molar-refractivity contribution in [1.82, 2.24) is 5.32 Å². The maximum atomic E-state index is 11.5. The minimum absolute atomic E-state index is 0.0644. The van der Waals surface area contributed by atoms with Crippen LogP contribution in [0.25, 0.3) is 0 Å². The van der Waals surface area contributed by atoms with Crippen LogP contribution in [0.2, 0.25) is 0 Å². The number of nitrogens with one attached hydrogen (secondary N) is 1.